The first-order chi connectivity index (χ1) is 38.8. The summed E-state index contributed by atoms with van der Waals surface area (Å²) in [4.78, 5) is 4.67. The summed E-state index contributed by atoms with van der Waals surface area (Å²) < 4.78 is 16.3. The molecule has 0 radical (unpaired) electrons. The van der Waals surface area contributed by atoms with Crippen molar-refractivity contribution in [1.29, 1.82) is 0 Å². The van der Waals surface area contributed by atoms with Crippen LogP contribution in [0.3, 0.4) is 0 Å². The number of hydrogen-bond acceptors (Lipinski definition) is 4. The molecule has 0 bridgehead atoms. The number of aromatic nitrogens is 1. The Kier molecular flexibility index (Phi) is 9.96. The first-order valence-electron chi connectivity index (χ1n) is 27.6. The number of benzene rings is 12. The first-order valence-corrected chi connectivity index (χ1v) is 27.6. The SMILES string of the molecule is CC(C)c1cccc2c1oc1c(N(c3ccccc3)c3ccc(-c4ccc5cc6c7cccc8c9cc%10ccc(N(c%11ccccc%11)c%11cccc%12c%11oc%11c(C(C)C)cccc%11%12)cc%10cc9n(c6cc5c4)c78)cc3)cccc12. The van der Waals surface area contributed by atoms with Crippen molar-refractivity contribution in [2.75, 3.05) is 9.80 Å². The molecule has 79 heavy (non-hydrogen) atoms. The van der Waals surface area contributed by atoms with Gasteiger partial charge in [0.1, 0.15) is 11.2 Å². The van der Waals surface area contributed by atoms with Crippen LogP contribution in [0.2, 0.25) is 0 Å². The average Bonchev–Trinajstić information content (AvgIpc) is 4.38. The smallest absolute Gasteiger partial charge is 0.159 e. The summed E-state index contributed by atoms with van der Waals surface area (Å²) >= 11 is 0. The van der Waals surface area contributed by atoms with Crippen molar-refractivity contribution in [3.63, 3.8) is 0 Å². The zero-order chi connectivity index (χ0) is 52.6. The predicted molar refractivity (Wildman–Crippen MR) is 334 cm³/mol. The molecule has 0 aliphatic heterocycles. The van der Waals surface area contributed by atoms with Gasteiger partial charge in [-0.3, -0.25) is 0 Å². The second-order valence-electron chi connectivity index (χ2n) is 22.0. The van der Waals surface area contributed by atoms with E-state index in [1.807, 2.05) is 0 Å². The largest absolute Gasteiger partial charge is 0.454 e. The molecule has 0 amide bonds. The fraction of sp³-hybridized carbons (Fsp3) is 0.0811. The van der Waals surface area contributed by atoms with Crippen LogP contribution in [0.5, 0.6) is 0 Å². The summed E-state index contributed by atoms with van der Waals surface area (Å²) in [5, 5.41) is 14.4. The van der Waals surface area contributed by atoms with E-state index >= 15 is 0 Å². The van der Waals surface area contributed by atoms with Crippen molar-refractivity contribution in [1.82, 2.24) is 4.40 Å². The first kappa shape index (κ1) is 45.4. The quantitative estimate of drug-likeness (QED) is 0.144. The van der Waals surface area contributed by atoms with Crippen molar-refractivity contribution in [2.24, 2.45) is 0 Å². The van der Waals surface area contributed by atoms with Gasteiger partial charge in [-0.1, -0.05) is 173 Å². The molecule has 0 N–H and O–H groups in total. The Morgan fingerprint density at radius 3 is 1.25 bits per heavy atom. The van der Waals surface area contributed by atoms with Gasteiger partial charge in [-0.05, 0) is 147 Å². The number of anilines is 6. The number of hydrogen-bond donors (Lipinski definition) is 0. The van der Waals surface area contributed by atoms with E-state index in [0.29, 0.717) is 11.8 Å². The molecular weight excluding hydrogens is 963 g/mol. The summed E-state index contributed by atoms with van der Waals surface area (Å²) in [5.41, 5.74) is 18.4. The second kappa shape index (κ2) is 17.3. The van der Waals surface area contributed by atoms with E-state index < -0.39 is 0 Å². The zero-order valence-corrected chi connectivity index (χ0v) is 44.3. The Morgan fingerprint density at radius 2 is 0.722 bits per heavy atom. The maximum Gasteiger partial charge on any atom is 0.159 e. The lowest BCUT2D eigenvalue weighted by atomic mass is 9.98. The molecule has 0 fully saturated rings. The maximum atomic E-state index is 6.93. The fourth-order valence-corrected chi connectivity index (χ4v) is 13.0. The molecule has 5 nitrogen and oxygen atoms in total. The van der Waals surface area contributed by atoms with E-state index in [1.165, 1.54) is 76.3 Å². The summed E-state index contributed by atoms with van der Waals surface area (Å²) in [6.07, 6.45) is 0. The van der Waals surface area contributed by atoms with Crippen molar-refractivity contribution in [2.45, 2.75) is 39.5 Å². The van der Waals surface area contributed by atoms with E-state index in [9.17, 15) is 0 Å². The van der Waals surface area contributed by atoms with Crippen molar-refractivity contribution in [3.8, 4) is 11.1 Å². The molecule has 0 spiro atoms. The molecule has 0 saturated heterocycles. The van der Waals surface area contributed by atoms with Crippen LogP contribution < -0.4 is 9.80 Å². The minimum absolute atomic E-state index is 0.333. The Labute approximate surface area is 456 Å². The van der Waals surface area contributed by atoms with Gasteiger partial charge in [0.2, 0.25) is 0 Å². The number of furan rings is 2. The summed E-state index contributed by atoms with van der Waals surface area (Å²) in [6.45, 7) is 8.93. The molecular formula is C74H53N3O2. The molecule has 4 aromatic heterocycles. The van der Waals surface area contributed by atoms with E-state index in [-0.39, 0.29) is 0 Å². The van der Waals surface area contributed by atoms with Crippen LogP contribution in [0.1, 0.15) is 50.7 Å². The number of fused-ring (bicyclic) bond motifs is 14. The Hall–Kier alpha value is -9.84. The Morgan fingerprint density at radius 1 is 0.304 bits per heavy atom. The molecule has 0 atom stereocenters. The molecule has 0 aliphatic carbocycles. The second-order valence-corrected chi connectivity index (χ2v) is 22.0. The van der Waals surface area contributed by atoms with Crippen LogP contribution >= 0.6 is 0 Å². The van der Waals surface area contributed by atoms with Crippen LogP contribution in [-0.4, -0.2) is 4.40 Å². The van der Waals surface area contributed by atoms with Gasteiger partial charge in [-0.25, -0.2) is 0 Å². The third kappa shape index (κ3) is 6.89. The predicted octanol–water partition coefficient (Wildman–Crippen LogP) is 21.8. The van der Waals surface area contributed by atoms with Crippen molar-refractivity contribution in [3.05, 3.63) is 248 Å². The molecule has 0 aliphatic rings. The summed E-state index contributed by atoms with van der Waals surface area (Å²) in [7, 11) is 0. The van der Waals surface area contributed by atoms with Gasteiger partial charge in [0, 0.05) is 65.8 Å². The molecule has 5 heteroatoms. The van der Waals surface area contributed by atoms with Gasteiger partial charge in [0.25, 0.3) is 0 Å². The third-order valence-corrected chi connectivity index (χ3v) is 16.8. The highest BCUT2D eigenvalue weighted by molar-refractivity contribution is 6.26. The normalized spacial score (nSPS) is 12.3. The topological polar surface area (TPSA) is 37.2 Å². The molecule has 4 heterocycles. The Balaban J connectivity index is 0.814. The molecule has 0 saturated carbocycles. The fourth-order valence-electron chi connectivity index (χ4n) is 13.0. The van der Waals surface area contributed by atoms with E-state index in [2.05, 4.69) is 278 Å². The highest BCUT2D eigenvalue weighted by Gasteiger charge is 2.25. The van der Waals surface area contributed by atoms with E-state index in [1.54, 1.807) is 0 Å². The molecule has 12 aromatic carbocycles. The van der Waals surface area contributed by atoms with Crippen LogP contribution in [0, 0.1) is 0 Å². The van der Waals surface area contributed by atoms with Crippen LogP contribution in [0.4, 0.5) is 34.1 Å². The highest BCUT2D eigenvalue weighted by atomic mass is 16.3. The summed E-state index contributed by atoms with van der Waals surface area (Å²) in [6, 6.07) is 86.6. The zero-order valence-electron chi connectivity index (χ0n) is 44.3. The molecule has 376 valence electrons. The highest BCUT2D eigenvalue weighted by Crippen LogP contribution is 2.48. The number of nitrogens with zero attached hydrogens (tertiary/aromatic N) is 3. The van der Waals surface area contributed by atoms with Crippen LogP contribution in [0.25, 0.3) is 115 Å². The maximum absolute atomic E-state index is 6.93. The lowest BCUT2D eigenvalue weighted by molar-refractivity contribution is 0.657. The van der Waals surface area contributed by atoms with E-state index in [4.69, 9.17) is 8.83 Å². The van der Waals surface area contributed by atoms with Gasteiger partial charge in [0.05, 0.1) is 27.9 Å². The van der Waals surface area contributed by atoms with Gasteiger partial charge >= 0.3 is 0 Å². The molecule has 16 rings (SSSR count). The standard InChI is InChI=1S/C74H53N3O2/c1-44(2)56-20-11-24-60-62-26-14-28-66(73(62)78-71(56)60)75(52-16-7-5-8-17-52)54-35-32-46(33-36-54)47-30-31-48-40-64-58-22-13-23-59-65-41-49-34-37-55(39-51(49)43-69(65)77(70(58)59)68(64)42-50(48)38-47)76(53-18-9-6-10-19-53)67-29-15-27-63-61-25-12-21-57(45(3)4)72(61)79-74(63)67/h5-45H,1-4H3. The number of para-hydroxylation sites is 7. The average molecular weight is 1020 g/mol. The lowest BCUT2D eigenvalue weighted by Gasteiger charge is -2.25. The van der Waals surface area contributed by atoms with Gasteiger partial charge in [-0.15, -0.1) is 0 Å². The Bertz CT molecular complexity index is 5080. The molecule has 0 unspecified atom stereocenters. The van der Waals surface area contributed by atoms with Crippen molar-refractivity contribution >= 4 is 138 Å². The van der Waals surface area contributed by atoms with Gasteiger partial charge in [-0.2, -0.15) is 0 Å². The van der Waals surface area contributed by atoms with Crippen LogP contribution in [-0.2, 0) is 0 Å². The third-order valence-electron chi connectivity index (χ3n) is 16.8. The molecule has 16 aromatic rings. The lowest BCUT2D eigenvalue weighted by Crippen LogP contribution is -2.10. The minimum atomic E-state index is 0.333. The monoisotopic (exact) mass is 1020 g/mol. The number of rotatable bonds is 9. The summed E-state index contributed by atoms with van der Waals surface area (Å²) in [5.74, 6) is 0.673. The van der Waals surface area contributed by atoms with Crippen LogP contribution in [0.15, 0.2) is 245 Å². The van der Waals surface area contributed by atoms with Gasteiger partial charge < -0.3 is 23.0 Å². The minimum Gasteiger partial charge on any atom is -0.454 e. The van der Waals surface area contributed by atoms with Crippen molar-refractivity contribution < 1.29 is 8.83 Å². The van der Waals surface area contributed by atoms with Gasteiger partial charge in [0.15, 0.2) is 11.2 Å². The van der Waals surface area contributed by atoms with E-state index in [0.717, 1.165) is 83.6 Å².